The standard InChI is InChI=1S/C9H13BrN4O2/c1-13(2)3-4-14(9(15)16)8-6-11-7(10)5-12-8/h5-6H,3-4H2,1-2H3,(H,15,16). The molecule has 0 atom stereocenters. The van der Waals surface area contributed by atoms with Gasteiger partial charge in [0.1, 0.15) is 4.60 Å². The third-order valence-electron chi connectivity index (χ3n) is 1.88. The van der Waals surface area contributed by atoms with Crippen LogP contribution in [0.4, 0.5) is 10.6 Å². The van der Waals surface area contributed by atoms with Crippen LogP contribution in [-0.4, -0.2) is 53.3 Å². The third kappa shape index (κ3) is 3.74. The summed E-state index contributed by atoms with van der Waals surface area (Å²) in [4.78, 5) is 22.0. The Morgan fingerprint density at radius 2 is 2.06 bits per heavy atom. The Kier molecular flexibility index (Phi) is 4.63. The van der Waals surface area contributed by atoms with Gasteiger partial charge in [-0.15, -0.1) is 0 Å². The second kappa shape index (κ2) is 5.76. The highest BCUT2D eigenvalue weighted by Crippen LogP contribution is 2.11. The minimum atomic E-state index is -1.03. The average Bonchev–Trinajstić information content (AvgIpc) is 2.20. The number of amides is 1. The summed E-state index contributed by atoms with van der Waals surface area (Å²) in [5.41, 5.74) is 0. The van der Waals surface area contributed by atoms with Crippen LogP contribution in [0.5, 0.6) is 0 Å². The molecule has 0 unspecified atom stereocenters. The Bertz CT molecular complexity index is 355. The Labute approximate surface area is 102 Å². The van der Waals surface area contributed by atoms with Crippen molar-refractivity contribution in [2.45, 2.75) is 0 Å². The fraction of sp³-hybridized carbons (Fsp3) is 0.444. The normalized spacial score (nSPS) is 10.5. The fourth-order valence-corrected chi connectivity index (χ4v) is 1.26. The number of rotatable bonds is 4. The van der Waals surface area contributed by atoms with E-state index >= 15 is 0 Å². The van der Waals surface area contributed by atoms with Crippen molar-refractivity contribution in [3.63, 3.8) is 0 Å². The van der Waals surface area contributed by atoms with E-state index in [-0.39, 0.29) is 0 Å². The van der Waals surface area contributed by atoms with E-state index in [1.807, 2.05) is 19.0 Å². The molecule has 1 rings (SSSR count). The molecular weight excluding hydrogens is 276 g/mol. The lowest BCUT2D eigenvalue weighted by atomic mass is 10.5. The molecule has 88 valence electrons. The lowest BCUT2D eigenvalue weighted by Gasteiger charge is -2.19. The van der Waals surface area contributed by atoms with Gasteiger partial charge in [0.15, 0.2) is 5.82 Å². The van der Waals surface area contributed by atoms with Crippen LogP contribution in [0, 0.1) is 0 Å². The van der Waals surface area contributed by atoms with Gasteiger partial charge in [0.25, 0.3) is 0 Å². The molecule has 0 saturated carbocycles. The molecule has 1 aromatic heterocycles. The van der Waals surface area contributed by atoms with Crippen LogP contribution in [-0.2, 0) is 0 Å². The highest BCUT2D eigenvalue weighted by atomic mass is 79.9. The first-order valence-corrected chi connectivity index (χ1v) is 5.42. The summed E-state index contributed by atoms with van der Waals surface area (Å²) < 4.78 is 0.578. The van der Waals surface area contributed by atoms with E-state index in [4.69, 9.17) is 5.11 Å². The van der Waals surface area contributed by atoms with E-state index in [1.54, 1.807) is 0 Å². The van der Waals surface area contributed by atoms with Crippen molar-refractivity contribution in [2.75, 3.05) is 32.1 Å². The number of hydrogen-bond donors (Lipinski definition) is 1. The van der Waals surface area contributed by atoms with Crippen molar-refractivity contribution in [2.24, 2.45) is 0 Å². The maximum atomic E-state index is 11.0. The summed E-state index contributed by atoms with van der Waals surface area (Å²) in [7, 11) is 3.76. The maximum Gasteiger partial charge on any atom is 0.413 e. The van der Waals surface area contributed by atoms with Crippen LogP contribution < -0.4 is 4.90 Å². The molecule has 0 aromatic carbocycles. The number of aromatic nitrogens is 2. The fourth-order valence-electron chi connectivity index (χ4n) is 1.05. The third-order valence-corrected chi connectivity index (χ3v) is 2.29. The van der Waals surface area contributed by atoms with Gasteiger partial charge >= 0.3 is 6.09 Å². The minimum absolute atomic E-state index is 0.331. The van der Waals surface area contributed by atoms with E-state index in [9.17, 15) is 4.79 Å². The number of likely N-dealkylation sites (N-methyl/N-ethyl adjacent to an activating group) is 1. The molecule has 7 heteroatoms. The zero-order chi connectivity index (χ0) is 12.1. The summed E-state index contributed by atoms with van der Waals surface area (Å²) in [6, 6.07) is 0. The number of carboxylic acid groups (broad SMARTS) is 1. The van der Waals surface area contributed by atoms with Crippen LogP contribution in [0.25, 0.3) is 0 Å². The summed E-state index contributed by atoms with van der Waals surface area (Å²) in [5, 5.41) is 9.04. The van der Waals surface area contributed by atoms with Crippen molar-refractivity contribution >= 4 is 27.8 Å². The molecule has 6 nitrogen and oxygen atoms in total. The first-order chi connectivity index (χ1) is 7.50. The van der Waals surface area contributed by atoms with Gasteiger partial charge in [-0.05, 0) is 30.0 Å². The predicted molar refractivity (Wildman–Crippen MR) is 63.7 cm³/mol. The first kappa shape index (κ1) is 12.9. The molecule has 1 amide bonds. The Morgan fingerprint density at radius 3 is 2.50 bits per heavy atom. The number of anilines is 1. The highest BCUT2D eigenvalue weighted by molar-refractivity contribution is 9.10. The molecule has 0 bridgehead atoms. The second-order valence-corrected chi connectivity index (χ2v) is 4.25. The van der Waals surface area contributed by atoms with Crippen LogP contribution in [0.1, 0.15) is 0 Å². The van der Waals surface area contributed by atoms with Gasteiger partial charge in [-0.1, -0.05) is 0 Å². The average molecular weight is 289 g/mol. The van der Waals surface area contributed by atoms with Crippen molar-refractivity contribution in [1.29, 1.82) is 0 Å². The van der Waals surface area contributed by atoms with E-state index in [1.165, 1.54) is 17.3 Å². The molecular formula is C9H13BrN4O2. The lowest BCUT2D eigenvalue weighted by Crippen LogP contribution is -2.36. The van der Waals surface area contributed by atoms with Crippen LogP contribution >= 0.6 is 15.9 Å². The molecule has 1 heterocycles. The van der Waals surface area contributed by atoms with E-state index in [2.05, 4.69) is 25.9 Å². The number of carbonyl (C=O) groups is 1. The summed E-state index contributed by atoms with van der Waals surface area (Å²) in [6.07, 6.45) is 1.87. The van der Waals surface area contributed by atoms with Gasteiger partial charge in [0, 0.05) is 13.1 Å². The molecule has 0 aliphatic heterocycles. The maximum absolute atomic E-state index is 11.0. The van der Waals surface area contributed by atoms with Crippen LogP contribution in [0.3, 0.4) is 0 Å². The number of halogens is 1. The van der Waals surface area contributed by atoms with Gasteiger partial charge < -0.3 is 10.0 Å². The zero-order valence-corrected chi connectivity index (χ0v) is 10.7. The van der Waals surface area contributed by atoms with Crippen molar-refractivity contribution in [1.82, 2.24) is 14.9 Å². The van der Waals surface area contributed by atoms with Gasteiger partial charge in [-0.25, -0.2) is 14.8 Å². The molecule has 1 aromatic rings. The van der Waals surface area contributed by atoms with E-state index < -0.39 is 6.09 Å². The molecule has 0 aliphatic rings. The van der Waals surface area contributed by atoms with Gasteiger partial charge in [-0.3, -0.25) is 4.90 Å². The minimum Gasteiger partial charge on any atom is -0.465 e. The summed E-state index contributed by atoms with van der Waals surface area (Å²) in [5.74, 6) is 0.331. The highest BCUT2D eigenvalue weighted by Gasteiger charge is 2.15. The van der Waals surface area contributed by atoms with E-state index in [0.29, 0.717) is 23.5 Å². The second-order valence-electron chi connectivity index (χ2n) is 3.43. The SMILES string of the molecule is CN(C)CCN(C(=O)O)c1cnc(Br)cn1. The van der Waals surface area contributed by atoms with Gasteiger partial charge in [0.2, 0.25) is 0 Å². The molecule has 1 N–H and O–H groups in total. The van der Waals surface area contributed by atoms with Gasteiger partial charge in [0.05, 0.1) is 12.4 Å². The lowest BCUT2D eigenvalue weighted by molar-refractivity contribution is 0.200. The smallest absolute Gasteiger partial charge is 0.413 e. The molecule has 0 saturated heterocycles. The quantitative estimate of drug-likeness (QED) is 0.904. The summed E-state index contributed by atoms with van der Waals surface area (Å²) >= 11 is 3.15. The van der Waals surface area contributed by atoms with Gasteiger partial charge in [-0.2, -0.15) is 0 Å². The predicted octanol–water partition coefficient (Wildman–Crippen LogP) is 1.29. The summed E-state index contributed by atoms with van der Waals surface area (Å²) in [6.45, 7) is 0.989. The Hall–Kier alpha value is -1.21. The van der Waals surface area contributed by atoms with E-state index in [0.717, 1.165) is 0 Å². The Balaban J connectivity index is 2.77. The molecule has 0 fully saturated rings. The molecule has 16 heavy (non-hydrogen) atoms. The van der Waals surface area contributed by atoms with Crippen LogP contribution in [0.2, 0.25) is 0 Å². The number of hydrogen-bond acceptors (Lipinski definition) is 4. The van der Waals surface area contributed by atoms with Crippen molar-refractivity contribution in [3.8, 4) is 0 Å². The molecule has 0 aliphatic carbocycles. The topological polar surface area (TPSA) is 69.6 Å². The largest absolute Gasteiger partial charge is 0.465 e. The first-order valence-electron chi connectivity index (χ1n) is 4.63. The Morgan fingerprint density at radius 1 is 1.38 bits per heavy atom. The monoisotopic (exact) mass is 288 g/mol. The number of nitrogens with zero attached hydrogens (tertiary/aromatic N) is 4. The van der Waals surface area contributed by atoms with Crippen LogP contribution in [0.15, 0.2) is 17.0 Å². The molecule has 0 radical (unpaired) electrons. The zero-order valence-electron chi connectivity index (χ0n) is 9.09. The molecule has 0 spiro atoms. The van der Waals surface area contributed by atoms with Crippen molar-refractivity contribution < 1.29 is 9.90 Å². The van der Waals surface area contributed by atoms with Crippen molar-refractivity contribution in [3.05, 3.63) is 17.0 Å².